The van der Waals surface area contributed by atoms with Gasteiger partial charge in [0.05, 0.1) is 11.3 Å². The Kier molecular flexibility index (Phi) is 8.28. The van der Waals surface area contributed by atoms with E-state index in [0.29, 0.717) is 28.5 Å². The van der Waals surface area contributed by atoms with Gasteiger partial charge < -0.3 is 24.1 Å². The van der Waals surface area contributed by atoms with Crippen molar-refractivity contribution in [2.75, 3.05) is 25.5 Å². The van der Waals surface area contributed by atoms with Crippen molar-refractivity contribution < 1.29 is 33.5 Å². The van der Waals surface area contributed by atoms with Gasteiger partial charge in [0.1, 0.15) is 11.3 Å². The maximum atomic E-state index is 11.8. The van der Waals surface area contributed by atoms with Gasteiger partial charge in [0.2, 0.25) is 0 Å². The van der Waals surface area contributed by atoms with Gasteiger partial charge >= 0.3 is 5.97 Å². The molecule has 40 heavy (non-hydrogen) atoms. The highest BCUT2D eigenvalue weighted by molar-refractivity contribution is 6.07. The molecule has 1 aliphatic carbocycles. The number of hydroxylamine groups is 2. The number of benzene rings is 3. The quantitative estimate of drug-likeness (QED) is 0.277. The fourth-order valence-electron chi connectivity index (χ4n) is 4.38. The van der Waals surface area contributed by atoms with Crippen molar-refractivity contribution in [1.82, 2.24) is 5.06 Å². The Bertz CT molecular complexity index is 1640. The number of carboxylic acids is 1. The van der Waals surface area contributed by atoms with Gasteiger partial charge in [-0.1, -0.05) is 24.3 Å². The molecule has 2 aromatic rings. The summed E-state index contributed by atoms with van der Waals surface area (Å²) in [5.41, 5.74) is 4.08. The summed E-state index contributed by atoms with van der Waals surface area (Å²) in [6.45, 7) is 3.79. The normalized spacial score (nSPS) is 13.4. The van der Waals surface area contributed by atoms with Gasteiger partial charge in [0, 0.05) is 80.3 Å². The van der Waals surface area contributed by atoms with Gasteiger partial charge in [0.15, 0.2) is 0 Å². The van der Waals surface area contributed by atoms with Crippen LogP contribution in [0.25, 0.3) is 33.4 Å². The van der Waals surface area contributed by atoms with Gasteiger partial charge in [-0.25, -0.2) is 4.79 Å². The van der Waals surface area contributed by atoms with Crippen LogP contribution >= 0.6 is 0 Å². The summed E-state index contributed by atoms with van der Waals surface area (Å²) < 4.78 is 6.24. The molecule has 2 heterocycles. The fourth-order valence-corrected chi connectivity index (χ4v) is 4.38. The van der Waals surface area contributed by atoms with Gasteiger partial charge in [-0.2, -0.15) is 0 Å². The smallest absolute Gasteiger partial charge is 0.330 e. The molecule has 0 N–H and O–H groups in total. The Labute approximate surface area is 230 Å². The molecule has 5 rings (SSSR count). The average molecular weight is 543 g/mol. The second-order valence-corrected chi connectivity index (χ2v) is 9.20. The molecule has 2 aliphatic heterocycles. The summed E-state index contributed by atoms with van der Waals surface area (Å²) >= 11 is 0. The highest BCUT2D eigenvalue weighted by Gasteiger charge is 2.31. The number of nitrogens with zero attached hydrogens (tertiary/aromatic N) is 3. The third-order valence-electron chi connectivity index (χ3n) is 6.19. The van der Waals surface area contributed by atoms with Crippen LogP contribution in [0.3, 0.4) is 0 Å². The summed E-state index contributed by atoms with van der Waals surface area (Å²) in [7, 11) is 3.93. The number of anilines is 1. The third kappa shape index (κ3) is 5.85. The minimum atomic E-state index is -1.20. The van der Waals surface area contributed by atoms with E-state index in [9.17, 15) is 24.3 Å². The summed E-state index contributed by atoms with van der Waals surface area (Å²) in [5, 5.41) is 14.0. The summed E-state index contributed by atoms with van der Waals surface area (Å²) in [4.78, 5) is 54.4. The summed E-state index contributed by atoms with van der Waals surface area (Å²) in [6.07, 6.45) is 0.262. The molecule has 0 atom stereocenters. The number of amides is 2. The van der Waals surface area contributed by atoms with Crippen LogP contribution in [0.2, 0.25) is 0 Å². The summed E-state index contributed by atoms with van der Waals surface area (Å²) in [6, 6.07) is 18.6. The molecule has 0 saturated carbocycles. The first kappa shape index (κ1) is 28.0. The molecule has 0 radical (unpaired) electrons. The number of fused-ring (bicyclic) bond motifs is 2. The fraction of sp³-hybridized carbons (Fsp3) is 0.233. The van der Waals surface area contributed by atoms with Crippen LogP contribution in [0.15, 0.2) is 70.1 Å². The monoisotopic (exact) mass is 542 g/mol. The standard InChI is InChI=1S/C24H22N2O3.C6H7NO4/c1-4-25-15-9-11-19-21(13-15)29-22-14-16(26(2)3)10-12-20(22)23(19)17-7-5-6-8-18(17)24(27)28;1-4(8)11-7-5(9)2-3-6(7)10/h5-14H,4H2,1-3H3,(H,27,28);2-3H2,1H3/p-1. The first-order chi connectivity index (χ1) is 19.1. The van der Waals surface area contributed by atoms with Crippen molar-refractivity contribution >= 4 is 40.4 Å². The van der Waals surface area contributed by atoms with E-state index in [2.05, 4.69) is 9.83 Å². The van der Waals surface area contributed by atoms with Gasteiger partial charge in [0.25, 0.3) is 11.8 Å². The van der Waals surface area contributed by atoms with E-state index < -0.39 is 23.8 Å². The predicted octanol–water partition coefficient (Wildman–Crippen LogP) is 3.17. The first-order valence-corrected chi connectivity index (χ1v) is 12.6. The van der Waals surface area contributed by atoms with Gasteiger partial charge in [-0.05, 0) is 36.8 Å². The van der Waals surface area contributed by atoms with Crippen molar-refractivity contribution in [2.24, 2.45) is 4.99 Å². The lowest BCUT2D eigenvalue weighted by Crippen LogP contribution is -2.30. The predicted molar refractivity (Wildman–Crippen MR) is 146 cm³/mol. The largest absolute Gasteiger partial charge is 0.545 e. The van der Waals surface area contributed by atoms with E-state index in [-0.39, 0.29) is 18.4 Å². The van der Waals surface area contributed by atoms with E-state index in [0.717, 1.165) is 34.5 Å². The van der Waals surface area contributed by atoms with Crippen molar-refractivity contribution in [3.8, 4) is 22.5 Å². The van der Waals surface area contributed by atoms with E-state index in [4.69, 9.17) is 4.42 Å². The molecular weight excluding hydrogens is 514 g/mol. The van der Waals surface area contributed by atoms with Crippen LogP contribution in [-0.4, -0.2) is 49.5 Å². The molecule has 1 saturated heterocycles. The third-order valence-corrected chi connectivity index (χ3v) is 6.19. The number of carbonyl (C=O) groups excluding carboxylic acids is 4. The molecule has 10 heteroatoms. The lowest BCUT2D eigenvalue weighted by atomic mass is 9.90. The molecular formula is C30H28N3O7-. The Morgan fingerprint density at radius 2 is 1.70 bits per heavy atom. The highest BCUT2D eigenvalue weighted by Crippen LogP contribution is 2.41. The van der Waals surface area contributed by atoms with Crippen LogP contribution in [0, 0.1) is 0 Å². The number of carbonyl (C=O) groups is 4. The van der Waals surface area contributed by atoms with E-state index in [1.54, 1.807) is 12.1 Å². The Balaban J connectivity index is 0.000000283. The van der Waals surface area contributed by atoms with Crippen LogP contribution in [0.4, 0.5) is 5.69 Å². The molecule has 2 amide bonds. The average Bonchev–Trinajstić information content (AvgIpc) is 3.23. The van der Waals surface area contributed by atoms with Crippen LogP contribution in [-0.2, 0) is 19.2 Å². The molecule has 2 aromatic carbocycles. The minimum absolute atomic E-state index is 0.131. The number of imide groups is 1. The maximum Gasteiger partial charge on any atom is 0.330 e. The van der Waals surface area contributed by atoms with Crippen molar-refractivity contribution in [2.45, 2.75) is 26.7 Å². The first-order valence-electron chi connectivity index (χ1n) is 12.6. The lowest BCUT2D eigenvalue weighted by molar-refractivity contribution is -0.255. The molecule has 10 nitrogen and oxygen atoms in total. The number of hydrogen-bond acceptors (Lipinski definition) is 9. The molecule has 0 aromatic heterocycles. The Hall–Kier alpha value is -4.99. The van der Waals surface area contributed by atoms with Crippen molar-refractivity contribution in [3.05, 3.63) is 71.6 Å². The molecule has 0 spiro atoms. The molecule has 3 aliphatic rings. The van der Waals surface area contributed by atoms with Gasteiger partial charge in [-0.15, -0.1) is 5.06 Å². The number of hydrogen-bond donors (Lipinski definition) is 0. The molecule has 0 bridgehead atoms. The van der Waals surface area contributed by atoms with E-state index >= 15 is 0 Å². The number of aromatic carboxylic acids is 1. The zero-order chi connectivity index (χ0) is 29.0. The number of rotatable bonds is 5. The van der Waals surface area contributed by atoms with E-state index in [1.165, 1.54) is 0 Å². The van der Waals surface area contributed by atoms with Gasteiger partial charge in [-0.3, -0.25) is 14.6 Å². The summed E-state index contributed by atoms with van der Waals surface area (Å²) in [5.74, 6) is -2.11. The zero-order valence-electron chi connectivity index (χ0n) is 22.6. The minimum Gasteiger partial charge on any atom is -0.545 e. The van der Waals surface area contributed by atoms with Crippen molar-refractivity contribution in [3.63, 3.8) is 0 Å². The van der Waals surface area contributed by atoms with Crippen LogP contribution < -0.4 is 15.4 Å². The second-order valence-electron chi connectivity index (χ2n) is 9.20. The Morgan fingerprint density at radius 3 is 2.33 bits per heavy atom. The SMILES string of the molecule is CC(=O)ON1C(=O)CCC1=O.CCN=c1ccc2c(-c3ccccc3C(=O)[O-])c3ccc(N(C)C)cc3oc-2c1. The van der Waals surface area contributed by atoms with E-state index in [1.807, 2.05) is 74.4 Å². The Morgan fingerprint density at radius 1 is 1.00 bits per heavy atom. The number of carboxylic acid groups (broad SMARTS) is 1. The maximum absolute atomic E-state index is 11.8. The second kappa shape index (κ2) is 11.8. The van der Waals surface area contributed by atoms with Crippen LogP contribution in [0.5, 0.6) is 0 Å². The lowest BCUT2D eigenvalue weighted by Gasteiger charge is -2.19. The van der Waals surface area contributed by atoms with Crippen molar-refractivity contribution in [1.29, 1.82) is 0 Å². The van der Waals surface area contributed by atoms with Crippen LogP contribution in [0.1, 0.15) is 37.0 Å². The molecule has 206 valence electrons. The highest BCUT2D eigenvalue weighted by atomic mass is 16.7. The molecule has 0 unspecified atom stereocenters. The topological polar surface area (TPSA) is 133 Å². The molecule has 1 fully saturated rings. The zero-order valence-corrected chi connectivity index (χ0v) is 22.6.